The first kappa shape index (κ1) is 13.8. The molecule has 0 heterocycles. The van der Waals surface area contributed by atoms with Gasteiger partial charge in [0.05, 0.1) is 0 Å². The zero-order chi connectivity index (χ0) is 13.1. The van der Waals surface area contributed by atoms with Crippen LogP contribution >= 0.6 is 11.6 Å². The molecule has 0 bridgehead atoms. The maximum Gasteiger partial charge on any atom is 0.124 e. The van der Waals surface area contributed by atoms with Gasteiger partial charge in [-0.15, -0.1) is 0 Å². The molecule has 0 aromatic heterocycles. The molecular weight excluding hydrogens is 251 g/mol. The molecule has 0 radical (unpaired) electrons. The highest BCUT2D eigenvalue weighted by Gasteiger charge is 2.24. The lowest BCUT2D eigenvalue weighted by atomic mass is 10.0. The maximum atomic E-state index is 13.0. The van der Waals surface area contributed by atoms with Crippen molar-refractivity contribution < 1.29 is 4.39 Å². The van der Waals surface area contributed by atoms with Gasteiger partial charge in [0.15, 0.2) is 0 Å². The summed E-state index contributed by atoms with van der Waals surface area (Å²) < 4.78 is 13.0. The summed E-state index contributed by atoms with van der Waals surface area (Å²) in [4.78, 5) is 0. The Labute approximate surface area is 113 Å². The highest BCUT2D eigenvalue weighted by molar-refractivity contribution is 6.31. The molecule has 1 aromatic rings. The molecule has 1 saturated carbocycles. The van der Waals surface area contributed by atoms with Gasteiger partial charge in [-0.3, -0.25) is 0 Å². The van der Waals surface area contributed by atoms with E-state index in [-0.39, 0.29) is 11.9 Å². The predicted molar refractivity (Wildman–Crippen MR) is 73.1 cm³/mol. The van der Waals surface area contributed by atoms with E-state index in [4.69, 9.17) is 17.3 Å². The minimum absolute atomic E-state index is 0.00778. The Morgan fingerprint density at radius 1 is 1.50 bits per heavy atom. The van der Waals surface area contributed by atoms with Gasteiger partial charge in [-0.05, 0) is 42.9 Å². The molecule has 3 unspecified atom stereocenters. The summed E-state index contributed by atoms with van der Waals surface area (Å²) in [7, 11) is 0. The predicted octanol–water partition coefficient (Wildman–Crippen LogP) is 3.26. The number of benzene rings is 1. The van der Waals surface area contributed by atoms with Crippen molar-refractivity contribution in [1.82, 2.24) is 5.32 Å². The molecule has 0 saturated heterocycles. The van der Waals surface area contributed by atoms with Crippen molar-refractivity contribution in [1.29, 1.82) is 0 Å². The lowest BCUT2D eigenvalue weighted by molar-refractivity contribution is 0.434. The Morgan fingerprint density at radius 3 is 2.83 bits per heavy atom. The highest BCUT2D eigenvalue weighted by Crippen LogP contribution is 2.29. The van der Waals surface area contributed by atoms with E-state index in [0.717, 1.165) is 11.5 Å². The Hall–Kier alpha value is -0.640. The number of nitrogens with two attached hydrogens (primary N) is 1. The van der Waals surface area contributed by atoms with Crippen molar-refractivity contribution >= 4 is 11.6 Å². The third-order valence-electron chi connectivity index (χ3n) is 3.71. The van der Waals surface area contributed by atoms with Gasteiger partial charge in [-0.25, -0.2) is 4.39 Å². The van der Waals surface area contributed by atoms with Crippen LogP contribution in [0.2, 0.25) is 5.02 Å². The highest BCUT2D eigenvalue weighted by atomic mass is 35.5. The second kappa shape index (κ2) is 6.00. The van der Waals surface area contributed by atoms with Crippen LogP contribution in [0.1, 0.15) is 37.8 Å². The number of rotatable bonds is 4. The van der Waals surface area contributed by atoms with E-state index in [2.05, 4.69) is 12.2 Å². The van der Waals surface area contributed by atoms with E-state index in [1.165, 1.54) is 31.4 Å². The average Bonchev–Trinajstić information content (AvgIpc) is 2.72. The summed E-state index contributed by atoms with van der Waals surface area (Å²) in [6, 6.07) is 5.00. The summed E-state index contributed by atoms with van der Waals surface area (Å²) in [5, 5.41) is 3.99. The molecule has 0 amide bonds. The van der Waals surface area contributed by atoms with Gasteiger partial charge >= 0.3 is 0 Å². The third-order valence-corrected chi connectivity index (χ3v) is 4.03. The first-order chi connectivity index (χ1) is 8.60. The molecule has 2 nitrogen and oxygen atoms in total. The molecular formula is C14H20ClFN2. The Balaban J connectivity index is 2.08. The van der Waals surface area contributed by atoms with Gasteiger partial charge in [-0.1, -0.05) is 24.6 Å². The fourth-order valence-corrected chi connectivity index (χ4v) is 3.01. The lowest BCUT2D eigenvalue weighted by Crippen LogP contribution is -2.35. The normalized spacial score (nSPS) is 25.3. The SMILES string of the molecule is CC1CCC(NC(CN)c2ccc(F)cc2Cl)C1. The third kappa shape index (κ3) is 3.22. The first-order valence-corrected chi connectivity index (χ1v) is 6.89. The van der Waals surface area contributed by atoms with Crippen LogP contribution in [0.15, 0.2) is 18.2 Å². The van der Waals surface area contributed by atoms with Crippen molar-refractivity contribution in [2.75, 3.05) is 6.54 Å². The Bertz CT molecular complexity index is 411. The van der Waals surface area contributed by atoms with E-state index in [9.17, 15) is 4.39 Å². The van der Waals surface area contributed by atoms with Crippen LogP contribution in [0.5, 0.6) is 0 Å². The van der Waals surface area contributed by atoms with E-state index in [1.54, 1.807) is 6.07 Å². The molecule has 3 atom stereocenters. The Kier molecular flexibility index (Phi) is 4.60. The quantitative estimate of drug-likeness (QED) is 0.881. The fourth-order valence-electron chi connectivity index (χ4n) is 2.71. The van der Waals surface area contributed by atoms with Gasteiger partial charge in [0, 0.05) is 23.7 Å². The molecule has 18 heavy (non-hydrogen) atoms. The standard InChI is InChI=1S/C14H20ClFN2/c1-9-2-4-11(6-9)18-14(8-17)12-5-3-10(16)7-13(12)15/h3,5,7,9,11,14,18H,2,4,6,8,17H2,1H3. The van der Waals surface area contributed by atoms with E-state index >= 15 is 0 Å². The summed E-state index contributed by atoms with van der Waals surface area (Å²) in [6.45, 7) is 2.74. The molecule has 100 valence electrons. The molecule has 1 aromatic carbocycles. The number of nitrogens with one attached hydrogen (secondary N) is 1. The Morgan fingerprint density at radius 2 is 2.28 bits per heavy atom. The molecule has 2 rings (SSSR count). The van der Waals surface area contributed by atoms with Crippen molar-refractivity contribution in [3.05, 3.63) is 34.6 Å². The van der Waals surface area contributed by atoms with Gasteiger partial charge in [-0.2, -0.15) is 0 Å². The van der Waals surface area contributed by atoms with Crippen LogP contribution in [-0.2, 0) is 0 Å². The first-order valence-electron chi connectivity index (χ1n) is 6.51. The summed E-state index contributed by atoms with van der Waals surface area (Å²) in [5.41, 5.74) is 6.70. The van der Waals surface area contributed by atoms with Gasteiger partial charge < -0.3 is 11.1 Å². The van der Waals surface area contributed by atoms with E-state index in [1.807, 2.05) is 0 Å². The van der Waals surface area contributed by atoms with E-state index in [0.29, 0.717) is 17.6 Å². The fraction of sp³-hybridized carbons (Fsp3) is 0.571. The monoisotopic (exact) mass is 270 g/mol. The maximum absolute atomic E-state index is 13.0. The van der Waals surface area contributed by atoms with Gasteiger partial charge in [0.1, 0.15) is 5.82 Å². The second-order valence-corrected chi connectivity index (χ2v) is 5.64. The number of halogens is 2. The number of hydrogen-bond acceptors (Lipinski definition) is 2. The van der Waals surface area contributed by atoms with Crippen molar-refractivity contribution in [2.24, 2.45) is 11.7 Å². The van der Waals surface area contributed by atoms with Crippen molar-refractivity contribution in [3.63, 3.8) is 0 Å². The van der Waals surface area contributed by atoms with E-state index < -0.39 is 0 Å². The topological polar surface area (TPSA) is 38.0 Å². The second-order valence-electron chi connectivity index (χ2n) is 5.24. The molecule has 4 heteroatoms. The summed E-state index contributed by atoms with van der Waals surface area (Å²) in [5.74, 6) is 0.457. The molecule has 1 aliphatic carbocycles. The van der Waals surface area contributed by atoms with Crippen LogP contribution < -0.4 is 11.1 Å². The van der Waals surface area contributed by atoms with Crippen LogP contribution in [0.3, 0.4) is 0 Å². The molecule has 1 aliphatic rings. The molecule has 3 N–H and O–H groups in total. The minimum atomic E-state index is -0.311. The van der Waals surface area contributed by atoms with Crippen molar-refractivity contribution in [3.8, 4) is 0 Å². The largest absolute Gasteiger partial charge is 0.329 e. The lowest BCUT2D eigenvalue weighted by Gasteiger charge is -2.23. The minimum Gasteiger partial charge on any atom is -0.329 e. The zero-order valence-electron chi connectivity index (χ0n) is 10.6. The van der Waals surface area contributed by atoms with Gasteiger partial charge in [0.25, 0.3) is 0 Å². The average molecular weight is 271 g/mol. The van der Waals surface area contributed by atoms with Crippen LogP contribution in [0, 0.1) is 11.7 Å². The van der Waals surface area contributed by atoms with Crippen LogP contribution in [0.4, 0.5) is 4.39 Å². The summed E-state index contributed by atoms with van der Waals surface area (Å²) >= 11 is 6.08. The van der Waals surface area contributed by atoms with Gasteiger partial charge in [0.2, 0.25) is 0 Å². The molecule has 0 aliphatic heterocycles. The van der Waals surface area contributed by atoms with Crippen molar-refractivity contribution in [2.45, 2.75) is 38.3 Å². The number of hydrogen-bond donors (Lipinski definition) is 2. The zero-order valence-corrected chi connectivity index (χ0v) is 11.4. The van der Waals surface area contributed by atoms with Crippen LogP contribution in [0.25, 0.3) is 0 Å². The summed E-state index contributed by atoms with van der Waals surface area (Å²) in [6.07, 6.45) is 3.61. The smallest absolute Gasteiger partial charge is 0.124 e. The molecule has 0 spiro atoms. The molecule has 1 fully saturated rings. The van der Waals surface area contributed by atoms with Crippen LogP contribution in [-0.4, -0.2) is 12.6 Å².